The van der Waals surface area contributed by atoms with E-state index >= 15 is 0 Å². The van der Waals surface area contributed by atoms with Crippen molar-refractivity contribution < 1.29 is 38.2 Å². The third kappa shape index (κ3) is 27.3. The fourth-order valence-electron chi connectivity index (χ4n) is 4.48. The zero-order valence-corrected chi connectivity index (χ0v) is 29.0. The third-order valence-corrected chi connectivity index (χ3v) is 7.20. The molecule has 0 aliphatic rings. The highest BCUT2D eigenvalue weighted by Crippen LogP contribution is 2.11. The predicted octanol–water partition coefficient (Wildman–Crippen LogP) is 6.79. The highest BCUT2D eigenvalue weighted by molar-refractivity contribution is 5.70. The molecular weight excluding hydrogens is 570 g/mol. The van der Waals surface area contributed by atoms with Crippen LogP contribution in [0.1, 0.15) is 117 Å². The van der Waals surface area contributed by atoms with Crippen molar-refractivity contribution in [3.8, 4) is 0 Å². The average molecular weight is 634 g/mol. The molecule has 0 saturated carbocycles. The Morgan fingerprint density at radius 1 is 0.689 bits per heavy atom. The Morgan fingerprint density at radius 3 is 1.91 bits per heavy atom. The zero-order chi connectivity index (χ0) is 33.6. The molecule has 0 bridgehead atoms. The van der Waals surface area contributed by atoms with Crippen LogP contribution in [0, 0.1) is 0 Å². The van der Waals surface area contributed by atoms with E-state index in [-0.39, 0.29) is 49.1 Å². The number of aliphatic carboxylic acids is 1. The van der Waals surface area contributed by atoms with Crippen LogP contribution in [0.3, 0.4) is 0 Å². The molecule has 8 nitrogen and oxygen atoms in total. The topological polar surface area (TPSA) is 102 Å². The quantitative estimate of drug-likeness (QED) is 0.0387. The van der Waals surface area contributed by atoms with Crippen molar-refractivity contribution in [3.63, 3.8) is 0 Å². The second kappa shape index (κ2) is 28.7. The van der Waals surface area contributed by atoms with Crippen molar-refractivity contribution in [2.24, 2.45) is 0 Å². The molecule has 8 heteroatoms. The van der Waals surface area contributed by atoms with Crippen molar-refractivity contribution in [3.05, 3.63) is 48.6 Å². The summed E-state index contributed by atoms with van der Waals surface area (Å²) in [5.41, 5.74) is 0. The minimum Gasteiger partial charge on any atom is -0.544 e. The molecule has 0 amide bonds. The lowest BCUT2D eigenvalue weighted by molar-refractivity contribution is -0.889. The monoisotopic (exact) mass is 633 g/mol. The number of hydrogen-bond acceptors (Lipinski definition) is 7. The molecule has 0 radical (unpaired) electrons. The first-order chi connectivity index (χ1) is 21.6. The number of rotatable bonds is 29. The van der Waals surface area contributed by atoms with Gasteiger partial charge in [0.2, 0.25) is 0 Å². The average Bonchev–Trinajstić information content (AvgIpc) is 2.98. The number of carboxylic acid groups (broad SMARTS) is 1. The summed E-state index contributed by atoms with van der Waals surface area (Å²) in [6.07, 6.45) is 30.1. The highest BCUT2D eigenvalue weighted by atomic mass is 16.6. The fraction of sp³-hybridized carbons (Fsp3) is 0.703. The molecule has 2 unspecified atom stereocenters. The van der Waals surface area contributed by atoms with Crippen LogP contribution in [0.5, 0.6) is 0 Å². The number of carbonyl (C=O) groups excluding carboxylic acids is 3. The molecule has 2 atom stereocenters. The van der Waals surface area contributed by atoms with Crippen LogP contribution in [-0.2, 0) is 28.6 Å². The van der Waals surface area contributed by atoms with E-state index < -0.39 is 18.1 Å². The molecule has 45 heavy (non-hydrogen) atoms. The molecule has 0 rings (SSSR count). The summed E-state index contributed by atoms with van der Waals surface area (Å²) in [5.74, 6) is -1.84. The van der Waals surface area contributed by atoms with E-state index in [0.29, 0.717) is 12.8 Å². The first kappa shape index (κ1) is 42.3. The third-order valence-electron chi connectivity index (χ3n) is 7.20. The molecule has 0 spiro atoms. The van der Waals surface area contributed by atoms with E-state index in [1.165, 1.54) is 12.8 Å². The van der Waals surface area contributed by atoms with E-state index in [0.717, 1.165) is 64.2 Å². The Labute approximate surface area is 274 Å². The lowest BCUT2D eigenvalue weighted by atomic mass is 10.1. The van der Waals surface area contributed by atoms with Crippen LogP contribution in [0.2, 0.25) is 0 Å². The lowest BCUT2D eigenvalue weighted by Gasteiger charge is -2.34. The maximum Gasteiger partial charge on any atom is 0.306 e. The van der Waals surface area contributed by atoms with Gasteiger partial charge in [0, 0.05) is 19.3 Å². The number of carboxylic acids is 1. The highest BCUT2D eigenvalue weighted by Gasteiger charge is 2.25. The molecule has 0 aromatic rings. The van der Waals surface area contributed by atoms with Gasteiger partial charge in [0.15, 0.2) is 6.10 Å². The SMILES string of the molecule is CC/C=C/C/C=C/C/C=C/CCCC(=O)OCC(COCCC(C(=O)[O-])[N+](C)(C)C)OC(=O)CCCCCC/C=C/CCCC. The van der Waals surface area contributed by atoms with Crippen LogP contribution in [0.4, 0.5) is 0 Å². The summed E-state index contributed by atoms with van der Waals surface area (Å²) in [6.45, 7) is 4.39. The van der Waals surface area contributed by atoms with Gasteiger partial charge >= 0.3 is 11.9 Å². The number of allylic oxidation sites excluding steroid dienone is 8. The summed E-state index contributed by atoms with van der Waals surface area (Å²) in [4.78, 5) is 36.4. The Hall–Kier alpha value is -2.71. The second-order valence-electron chi connectivity index (χ2n) is 12.4. The first-order valence-corrected chi connectivity index (χ1v) is 17.2. The van der Waals surface area contributed by atoms with Crippen LogP contribution in [-0.4, -0.2) is 75.5 Å². The number of carbonyl (C=O) groups is 3. The number of likely N-dealkylation sites (N-methyl/N-ethyl adjacent to an activating group) is 1. The van der Waals surface area contributed by atoms with Gasteiger partial charge in [-0.2, -0.15) is 0 Å². The van der Waals surface area contributed by atoms with Gasteiger partial charge in [-0.15, -0.1) is 0 Å². The molecule has 0 saturated heterocycles. The van der Waals surface area contributed by atoms with Crippen LogP contribution < -0.4 is 5.11 Å². The molecule has 0 aromatic heterocycles. The number of hydrogen-bond donors (Lipinski definition) is 0. The van der Waals surface area contributed by atoms with Crippen molar-refractivity contribution in [2.75, 3.05) is 41.0 Å². The van der Waals surface area contributed by atoms with Gasteiger partial charge in [0.1, 0.15) is 12.6 Å². The van der Waals surface area contributed by atoms with E-state index in [9.17, 15) is 19.5 Å². The molecule has 0 N–H and O–H groups in total. The molecule has 0 aliphatic carbocycles. The van der Waals surface area contributed by atoms with Crippen LogP contribution >= 0.6 is 0 Å². The number of unbranched alkanes of at least 4 members (excludes halogenated alkanes) is 7. The second-order valence-corrected chi connectivity index (χ2v) is 12.4. The summed E-state index contributed by atoms with van der Waals surface area (Å²) >= 11 is 0. The van der Waals surface area contributed by atoms with E-state index in [1.54, 1.807) is 21.1 Å². The van der Waals surface area contributed by atoms with E-state index in [1.807, 2.05) is 0 Å². The maximum absolute atomic E-state index is 12.5. The van der Waals surface area contributed by atoms with Crippen molar-refractivity contribution in [1.82, 2.24) is 0 Å². The summed E-state index contributed by atoms with van der Waals surface area (Å²) in [5, 5.41) is 11.5. The molecule has 0 aromatic carbocycles. The van der Waals surface area contributed by atoms with Crippen molar-refractivity contribution in [2.45, 2.75) is 129 Å². The summed E-state index contributed by atoms with van der Waals surface area (Å²) < 4.78 is 16.9. The smallest absolute Gasteiger partial charge is 0.306 e. The molecule has 0 fully saturated rings. The van der Waals surface area contributed by atoms with Crippen LogP contribution in [0.15, 0.2) is 48.6 Å². The van der Waals surface area contributed by atoms with Gasteiger partial charge in [-0.1, -0.05) is 88.1 Å². The first-order valence-electron chi connectivity index (χ1n) is 17.2. The Balaban J connectivity index is 4.59. The van der Waals surface area contributed by atoms with Crippen LogP contribution in [0.25, 0.3) is 0 Å². The number of esters is 2. The van der Waals surface area contributed by atoms with Crippen molar-refractivity contribution in [1.29, 1.82) is 0 Å². The summed E-state index contributed by atoms with van der Waals surface area (Å²) in [6, 6.07) is -0.733. The minimum atomic E-state index is -1.14. The van der Waals surface area contributed by atoms with Crippen molar-refractivity contribution >= 4 is 17.9 Å². The Kier molecular flexibility index (Phi) is 27.0. The minimum absolute atomic E-state index is 0.0186. The van der Waals surface area contributed by atoms with Gasteiger partial charge in [-0.25, -0.2) is 0 Å². The van der Waals surface area contributed by atoms with Gasteiger partial charge in [-0.3, -0.25) is 9.59 Å². The van der Waals surface area contributed by atoms with Gasteiger partial charge in [0.05, 0.1) is 40.3 Å². The Morgan fingerprint density at radius 2 is 1.27 bits per heavy atom. The molecule has 0 aliphatic heterocycles. The predicted molar refractivity (Wildman–Crippen MR) is 180 cm³/mol. The zero-order valence-electron chi connectivity index (χ0n) is 29.0. The fourth-order valence-corrected chi connectivity index (χ4v) is 4.48. The summed E-state index contributed by atoms with van der Waals surface area (Å²) in [7, 11) is 5.36. The molecule has 0 heterocycles. The van der Waals surface area contributed by atoms with E-state index in [4.69, 9.17) is 14.2 Å². The van der Waals surface area contributed by atoms with Gasteiger partial charge < -0.3 is 28.6 Å². The largest absolute Gasteiger partial charge is 0.544 e. The Bertz CT molecular complexity index is 886. The van der Waals surface area contributed by atoms with E-state index in [2.05, 4.69) is 62.5 Å². The standard InChI is InChI=1S/C37H63NO7/c1-6-8-10-12-14-16-18-20-21-23-25-27-35(39)44-32-33(31-43-30-29-34(37(41)42)38(3,4)5)45-36(40)28-26-24-22-19-17-15-13-11-9-7-2/h8,10,13-16,20-21,33-34H,6-7,9,11-12,17-19,22-32H2,1-5H3/b10-8+,15-13+,16-14+,21-20+. The molecular formula is C37H63NO7. The normalized spacial score (nSPS) is 13.7. The number of ether oxygens (including phenoxy) is 3. The maximum atomic E-state index is 12.5. The number of quaternary nitrogens is 1. The number of nitrogens with zero attached hydrogens (tertiary/aromatic N) is 1. The molecule has 258 valence electrons. The lowest BCUT2D eigenvalue weighted by Crippen LogP contribution is -2.55. The van der Waals surface area contributed by atoms with Gasteiger partial charge in [0.25, 0.3) is 0 Å². The van der Waals surface area contributed by atoms with Gasteiger partial charge in [-0.05, 0) is 57.8 Å².